The molecular weight excluding hydrogens is 434 g/mol. The Hall–Kier alpha value is -4.26. The zero-order valence-corrected chi connectivity index (χ0v) is 19.1. The van der Waals surface area contributed by atoms with Gasteiger partial charge in [0, 0.05) is 22.9 Å². The molecule has 1 amide bonds. The van der Waals surface area contributed by atoms with Gasteiger partial charge < -0.3 is 19.3 Å². The molecule has 1 atom stereocenters. The van der Waals surface area contributed by atoms with E-state index in [1.54, 1.807) is 72.8 Å². The summed E-state index contributed by atoms with van der Waals surface area (Å²) in [5.41, 5.74) is 1.44. The summed E-state index contributed by atoms with van der Waals surface area (Å²) < 4.78 is 16.4. The second-order valence-electron chi connectivity index (χ2n) is 7.57. The number of carbonyl (C=O) groups excluding carboxylic acids is 2. The maximum Gasteiger partial charge on any atom is 0.300 e. The summed E-state index contributed by atoms with van der Waals surface area (Å²) in [5.74, 6) is -0.161. The van der Waals surface area contributed by atoms with Gasteiger partial charge in [-0.1, -0.05) is 30.3 Å². The lowest BCUT2D eigenvalue weighted by Crippen LogP contribution is -2.29. The molecule has 0 aromatic heterocycles. The molecule has 1 aliphatic heterocycles. The highest BCUT2D eigenvalue weighted by Gasteiger charge is 2.48. The van der Waals surface area contributed by atoms with Crippen molar-refractivity contribution in [2.24, 2.45) is 0 Å². The van der Waals surface area contributed by atoms with E-state index < -0.39 is 17.7 Å². The van der Waals surface area contributed by atoms with E-state index in [0.29, 0.717) is 40.7 Å². The van der Waals surface area contributed by atoms with Crippen molar-refractivity contribution in [1.82, 2.24) is 0 Å². The van der Waals surface area contributed by atoms with Crippen molar-refractivity contribution in [2.45, 2.75) is 13.0 Å². The van der Waals surface area contributed by atoms with Gasteiger partial charge in [-0.05, 0) is 43.3 Å². The summed E-state index contributed by atoms with van der Waals surface area (Å²) in [5, 5.41) is 11.2. The maximum absolute atomic E-state index is 13.3. The number of nitrogens with zero attached hydrogens (tertiary/aromatic N) is 1. The van der Waals surface area contributed by atoms with Crippen LogP contribution in [0, 0.1) is 0 Å². The molecular formula is C27H25NO6. The van der Waals surface area contributed by atoms with E-state index in [9.17, 15) is 14.7 Å². The Morgan fingerprint density at radius 1 is 0.912 bits per heavy atom. The molecule has 0 bridgehead atoms. The predicted molar refractivity (Wildman–Crippen MR) is 128 cm³/mol. The zero-order chi connectivity index (χ0) is 24.2. The number of methoxy groups -OCH3 is 2. The SMILES string of the molecule is CCOc1ccc(N2C(=O)C(=O)/C(=C(/O)c3ccccc3)C2c2ccc(OC)cc2OC)cc1. The highest BCUT2D eigenvalue weighted by molar-refractivity contribution is 6.51. The van der Waals surface area contributed by atoms with Gasteiger partial charge in [-0.3, -0.25) is 14.5 Å². The number of carbonyl (C=O) groups is 2. The topological polar surface area (TPSA) is 85.3 Å². The Kier molecular flexibility index (Phi) is 6.54. The third-order valence-corrected chi connectivity index (χ3v) is 5.65. The molecule has 1 heterocycles. The Labute approximate surface area is 197 Å². The fraction of sp³-hybridized carbons (Fsp3) is 0.185. The van der Waals surface area contributed by atoms with E-state index in [0.717, 1.165) is 0 Å². The molecule has 0 radical (unpaired) electrons. The summed E-state index contributed by atoms with van der Waals surface area (Å²) in [6, 6.07) is 19.8. The van der Waals surface area contributed by atoms with E-state index in [-0.39, 0.29) is 11.3 Å². The molecule has 0 aliphatic carbocycles. The molecule has 34 heavy (non-hydrogen) atoms. The molecule has 3 aromatic carbocycles. The van der Waals surface area contributed by atoms with Crippen LogP contribution in [-0.4, -0.2) is 37.6 Å². The van der Waals surface area contributed by atoms with Gasteiger partial charge in [-0.25, -0.2) is 0 Å². The average molecular weight is 459 g/mol. The first-order valence-corrected chi connectivity index (χ1v) is 10.8. The van der Waals surface area contributed by atoms with Gasteiger partial charge in [-0.15, -0.1) is 0 Å². The van der Waals surface area contributed by atoms with Crippen molar-refractivity contribution in [3.05, 3.63) is 89.5 Å². The molecule has 7 nitrogen and oxygen atoms in total. The van der Waals surface area contributed by atoms with E-state index >= 15 is 0 Å². The van der Waals surface area contributed by atoms with Crippen LogP contribution in [0.4, 0.5) is 5.69 Å². The number of ketones is 1. The first-order chi connectivity index (χ1) is 16.5. The van der Waals surface area contributed by atoms with Crippen LogP contribution in [-0.2, 0) is 9.59 Å². The minimum atomic E-state index is -0.918. The standard InChI is InChI=1S/C27H25NO6/c1-4-34-19-12-10-18(11-13-19)28-24(21-15-14-20(32-2)16-22(21)33-3)23(26(30)27(28)31)25(29)17-8-6-5-7-9-17/h5-16,24,29H,4H2,1-3H3/b25-23+. The van der Waals surface area contributed by atoms with Crippen LogP contribution in [0.3, 0.4) is 0 Å². The Morgan fingerprint density at radius 2 is 1.59 bits per heavy atom. The number of aliphatic hydroxyl groups is 1. The van der Waals surface area contributed by atoms with Crippen LogP contribution >= 0.6 is 0 Å². The zero-order valence-electron chi connectivity index (χ0n) is 19.1. The lowest BCUT2D eigenvalue weighted by molar-refractivity contribution is -0.132. The van der Waals surface area contributed by atoms with Gasteiger partial charge in [0.1, 0.15) is 23.0 Å². The summed E-state index contributed by atoms with van der Waals surface area (Å²) in [4.78, 5) is 28.0. The number of aliphatic hydroxyl groups excluding tert-OH is 1. The lowest BCUT2D eigenvalue weighted by atomic mass is 9.94. The fourth-order valence-corrected chi connectivity index (χ4v) is 4.06. The van der Waals surface area contributed by atoms with Crippen molar-refractivity contribution in [2.75, 3.05) is 25.7 Å². The van der Waals surface area contributed by atoms with Crippen LogP contribution in [0.5, 0.6) is 17.2 Å². The summed E-state index contributed by atoms with van der Waals surface area (Å²) in [6.07, 6.45) is 0. The molecule has 7 heteroatoms. The molecule has 4 rings (SSSR count). The fourth-order valence-electron chi connectivity index (χ4n) is 4.06. The van der Waals surface area contributed by atoms with Gasteiger partial charge in [0.25, 0.3) is 11.7 Å². The first-order valence-electron chi connectivity index (χ1n) is 10.8. The maximum atomic E-state index is 13.3. The molecule has 0 spiro atoms. The van der Waals surface area contributed by atoms with Crippen LogP contribution in [0.15, 0.2) is 78.4 Å². The molecule has 1 aliphatic rings. The van der Waals surface area contributed by atoms with Crippen molar-refractivity contribution < 1.29 is 28.9 Å². The minimum absolute atomic E-state index is 0.0199. The van der Waals surface area contributed by atoms with E-state index in [2.05, 4.69) is 0 Å². The smallest absolute Gasteiger partial charge is 0.300 e. The number of benzene rings is 3. The molecule has 3 aromatic rings. The van der Waals surface area contributed by atoms with Gasteiger partial charge in [0.2, 0.25) is 0 Å². The molecule has 1 fully saturated rings. The highest BCUT2D eigenvalue weighted by Crippen LogP contribution is 2.45. The van der Waals surface area contributed by atoms with Gasteiger partial charge in [0.05, 0.1) is 32.4 Å². The second-order valence-corrected chi connectivity index (χ2v) is 7.57. The molecule has 1 unspecified atom stereocenters. The van der Waals surface area contributed by atoms with Gasteiger partial charge in [-0.2, -0.15) is 0 Å². The van der Waals surface area contributed by atoms with Crippen molar-refractivity contribution in [3.8, 4) is 17.2 Å². The normalized spacial score (nSPS) is 17.0. The number of rotatable bonds is 7. The number of hydrogen-bond acceptors (Lipinski definition) is 6. The minimum Gasteiger partial charge on any atom is -0.507 e. The number of hydrogen-bond donors (Lipinski definition) is 1. The largest absolute Gasteiger partial charge is 0.507 e. The Morgan fingerprint density at radius 3 is 2.21 bits per heavy atom. The van der Waals surface area contributed by atoms with Crippen molar-refractivity contribution >= 4 is 23.1 Å². The van der Waals surface area contributed by atoms with E-state index in [1.165, 1.54) is 19.1 Å². The molecule has 1 N–H and O–H groups in total. The first kappa shape index (κ1) is 22.9. The quantitative estimate of drug-likeness (QED) is 0.312. The van der Waals surface area contributed by atoms with E-state index in [4.69, 9.17) is 14.2 Å². The van der Waals surface area contributed by atoms with Gasteiger partial charge in [0.15, 0.2) is 0 Å². The average Bonchev–Trinajstić information content (AvgIpc) is 3.14. The predicted octanol–water partition coefficient (Wildman–Crippen LogP) is 4.73. The molecule has 174 valence electrons. The summed E-state index contributed by atoms with van der Waals surface area (Å²) >= 11 is 0. The number of Topliss-reactive ketones (excluding diaryl/α,β-unsaturated/α-hetero) is 1. The Bertz CT molecular complexity index is 1230. The van der Waals surface area contributed by atoms with Crippen LogP contribution in [0.2, 0.25) is 0 Å². The number of anilines is 1. The Balaban J connectivity index is 1.94. The second kappa shape index (κ2) is 9.70. The monoisotopic (exact) mass is 459 g/mol. The highest BCUT2D eigenvalue weighted by atomic mass is 16.5. The molecule has 1 saturated heterocycles. The van der Waals surface area contributed by atoms with E-state index in [1.807, 2.05) is 6.92 Å². The summed E-state index contributed by atoms with van der Waals surface area (Å²) in [6.45, 7) is 2.38. The van der Waals surface area contributed by atoms with Crippen molar-refractivity contribution in [3.63, 3.8) is 0 Å². The third-order valence-electron chi connectivity index (χ3n) is 5.65. The van der Waals surface area contributed by atoms with Crippen LogP contribution < -0.4 is 19.1 Å². The number of amides is 1. The third kappa shape index (κ3) is 4.08. The lowest BCUT2D eigenvalue weighted by Gasteiger charge is -2.27. The summed E-state index contributed by atoms with van der Waals surface area (Å²) in [7, 11) is 3.04. The van der Waals surface area contributed by atoms with Crippen LogP contribution in [0.25, 0.3) is 5.76 Å². The van der Waals surface area contributed by atoms with Gasteiger partial charge >= 0.3 is 0 Å². The van der Waals surface area contributed by atoms with Crippen molar-refractivity contribution in [1.29, 1.82) is 0 Å². The number of ether oxygens (including phenoxy) is 3. The van der Waals surface area contributed by atoms with Crippen LogP contribution in [0.1, 0.15) is 24.1 Å². The molecule has 0 saturated carbocycles.